The summed E-state index contributed by atoms with van der Waals surface area (Å²) in [5.74, 6) is -1.05. The third kappa shape index (κ3) is 28.7. The topological polar surface area (TPSA) is 231 Å². The second-order valence-corrected chi connectivity index (χ2v) is 18.0. The maximum Gasteiger partial charge on any atom is 0.306 e. The Morgan fingerprint density at radius 1 is 0.471 bits per heavy atom. The Bertz CT molecular complexity index is 1540. The van der Waals surface area contributed by atoms with Crippen LogP contribution in [-0.2, 0) is 38.0 Å². The Kier molecular flexibility index (Phi) is 36.9. The maximum absolute atomic E-state index is 13.0. The van der Waals surface area contributed by atoms with Crippen molar-refractivity contribution in [3.8, 4) is 0 Å². The van der Waals surface area contributed by atoms with Crippen molar-refractivity contribution in [2.45, 2.75) is 223 Å². The normalized spacial score (nSPS) is 26.1. The molecule has 0 aliphatic carbocycles. The van der Waals surface area contributed by atoms with E-state index < -0.39 is 99.3 Å². The van der Waals surface area contributed by atoms with Crippen molar-refractivity contribution < 1.29 is 73.8 Å². The van der Waals surface area contributed by atoms with E-state index in [1.807, 2.05) is 12.2 Å². The Morgan fingerprint density at radius 2 is 0.929 bits per heavy atom. The van der Waals surface area contributed by atoms with Crippen molar-refractivity contribution in [1.82, 2.24) is 0 Å². The molecule has 0 aromatic rings. The number of ether oxygens (including phenoxy) is 6. The third-order valence-corrected chi connectivity index (χ3v) is 11.9. The van der Waals surface area contributed by atoms with Gasteiger partial charge in [0.1, 0.15) is 55.4 Å². The van der Waals surface area contributed by atoms with Crippen LogP contribution in [0.1, 0.15) is 155 Å². The Hall–Kier alpha value is -3.32. The number of rotatable bonds is 39. The molecule has 7 N–H and O–H groups in total. The molecule has 4 unspecified atom stereocenters. The van der Waals surface area contributed by atoms with Gasteiger partial charge in [-0.05, 0) is 77.0 Å². The Labute approximate surface area is 418 Å². The van der Waals surface area contributed by atoms with E-state index in [1.54, 1.807) is 0 Å². The van der Waals surface area contributed by atoms with Crippen LogP contribution < -0.4 is 0 Å². The van der Waals surface area contributed by atoms with Crippen molar-refractivity contribution in [2.75, 3.05) is 26.4 Å². The van der Waals surface area contributed by atoms with E-state index in [1.165, 1.54) is 51.4 Å². The van der Waals surface area contributed by atoms with Gasteiger partial charge in [-0.15, -0.1) is 0 Å². The molecule has 70 heavy (non-hydrogen) atoms. The third-order valence-electron chi connectivity index (χ3n) is 11.9. The molecule has 2 heterocycles. The van der Waals surface area contributed by atoms with Gasteiger partial charge < -0.3 is 64.2 Å². The fourth-order valence-corrected chi connectivity index (χ4v) is 7.59. The van der Waals surface area contributed by atoms with Crippen LogP contribution in [0.5, 0.6) is 0 Å². The van der Waals surface area contributed by atoms with Gasteiger partial charge >= 0.3 is 11.9 Å². The first-order valence-electron chi connectivity index (χ1n) is 26.2. The highest BCUT2D eigenvalue weighted by atomic mass is 16.7. The standard InChI is InChI=1S/C55H90O15/c1-3-5-7-9-11-13-15-17-19-20-21-22-24-26-28-30-32-34-36-38-47(58)68-43(40-65-46(57)37-35-33-31-29-27-25-23-18-16-14-12-10-8-6-4-2)41-66-54-53(64)51(62)49(60)45(70-54)42-67-55-52(63)50(61)48(59)44(39-56)69-55/h5,7,11,13,17,19,21-22,25-28,32,34,43-45,48-56,59-64H,3-4,6,8-10,12,14-16,18,20,23-24,29-31,33,35-42H2,1-2H3/b7-5+,13-11+,19-17+,22-21+,27-25+,28-26+,34-32+/t43-,44+,45+,48-,49-,50?,51?,52?,53?,54+,55+/m1/s1. The van der Waals surface area contributed by atoms with E-state index in [0.29, 0.717) is 19.3 Å². The zero-order chi connectivity index (χ0) is 51.0. The lowest BCUT2D eigenvalue weighted by atomic mass is 9.98. The lowest BCUT2D eigenvalue weighted by molar-refractivity contribution is -0.332. The summed E-state index contributed by atoms with van der Waals surface area (Å²) in [7, 11) is 0. The van der Waals surface area contributed by atoms with Crippen LogP contribution in [-0.4, -0.2) is 142 Å². The molecule has 0 saturated carbocycles. The van der Waals surface area contributed by atoms with Gasteiger partial charge in [0.25, 0.3) is 0 Å². The van der Waals surface area contributed by atoms with Gasteiger partial charge in [-0.25, -0.2) is 0 Å². The summed E-state index contributed by atoms with van der Waals surface area (Å²) in [5, 5.41) is 72.1. The number of carbonyl (C=O) groups excluding carboxylic acids is 2. The van der Waals surface area contributed by atoms with Crippen LogP contribution in [0.4, 0.5) is 0 Å². The number of esters is 2. The molecule has 0 aromatic carbocycles. The Balaban J connectivity index is 1.85. The number of hydrogen-bond donors (Lipinski definition) is 7. The van der Waals surface area contributed by atoms with Gasteiger partial charge in [-0.2, -0.15) is 0 Å². The number of carbonyl (C=O) groups is 2. The van der Waals surface area contributed by atoms with Crippen molar-refractivity contribution in [3.05, 3.63) is 85.1 Å². The average Bonchev–Trinajstić information content (AvgIpc) is 3.35. The summed E-state index contributed by atoms with van der Waals surface area (Å²) in [6.45, 7) is 2.36. The van der Waals surface area contributed by atoms with Gasteiger partial charge in [-0.1, -0.05) is 150 Å². The molecule has 2 aliphatic heterocycles. The van der Waals surface area contributed by atoms with Gasteiger partial charge in [0, 0.05) is 12.8 Å². The first-order valence-corrected chi connectivity index (χ1v) is 26.2. The van der Waals surface area contributed by atoms with E-state index in [9.17, 15) is 45.3 Å². The molecule has 2 aliphatic rings. The molecule has 0 amide bonds. The highest BCUT2D eigenvalue weighted by Gasteiger charge is 2.47. The van der Waals surface area contributed by atoms with Crippen LogP contribution >= 0.6 is 0 Å². The first-order chi connectivity index (χ1) is 34.0. The van der Waals surface area contributed by atoms with E-state index in [0.717, 1.165) is 57.8 Å². The fraction of sp³-hybridized carbons (Fsp3) is 0.709. The molecule has 2 rings (SSSR count). The summed E-state index contributed by atoms with van der Waals surface area (Å²) in [6, 6.07) is 0. The molecule has 2 fully saturated rings. The van der Waals surface area contributed by atoms with Crippen molar-refractivity contribution in [3.63, 3.8) is 0 Å². The maximum atomic E-state index is 13.0. The predicted octanol–water partition coefficient (Wildman–Crippen LogP) is 7.60. The zero-order valence-corrected chi connectivity index (χ0v) is 42.2. The largest absolute Gasteiger partial charge is 0.462 e. The number of hydrogen-bond acceptors (Lipinski definition) is 15. The Morgan fingerprint density at radius 3 is 1.47 bits per heavy atom. The highest BCUT2D eigenvalue weighted by Crippen LogP contribution is 2.26. The van der Waals surface area contributed by atoms with E-state index in [-0.39, 0.29) is 19.4 Å². The summed E-state index contributed by atoms with van der Waals surface area (Å²) < 4.78 is 33.5. The number of aliphatic hydroxyl groups excluding tert-OH is 7. The molecule has 15 nitrogen and oxygen atoms in total. The van der Waals surface area contributed by atoms with E-state index in [2.05, 4.69) is 86.8 Å². The van der Waals surface area contributed by atoms with Gasteiger partial charge in [0.05, 0.1) is 19.8 Å². The second-order valence-electron chi connectivity index (χ2n) is 18.0. The molecule has 15 heteroatoms. The van der Waals surface area contributed by atoms with Crippen LogP contribution in [0.3, 0.4) is 0 Å². The SMILES string of the molecule is CC/C=C/C/C=C/C/C=C/C/C=C/C/C=C/C/C=C/CCC(=O)O[C@H](COC(=O)CCCCC/C=C/CCCCCCCCCC)CO[C@H]1O[C@@H](CO[C@H]2O[C@@H](CO)[C@@H](O)C(O)C2O)[C@@H](O)C(O)C1O. The molecule has 11 atom stereocenters. The van der Waals surface area contributed by atoms with Crippen LogP contribution in [0, 0.1) is 0 Å². The molecule has 0 bridgehead atoms. The van der Waals surface area contributed by atoms with Crippen LogP contribution in [0.25, 0.3) is 0 Å². The predicted molar refractivity (Wildman–Crippen MR) is 270 cm³/mol. The minimum Gasteiger partial charge on any atom is -0.462 e. The minimum atomic E-state index is -1.78. The van der Waals surface area contributed by atoms with Crippen molar-refractivity contribution >= 4 is 11.9 Å². The number of unbranched alkanes of at least 4 members (excludes halogenated alkanes) is 11. The van der Waals surface area contributed by atoms with Crippen LogP contribution in [0.2, 0.25) is 0 Å². The minimum absolute atomic E-state index is 0.0327. The van der Waals surface area contributed by atoms with Crippen molar-refractivity contribution in [2.24, 2.45) is 0 Å². The summed E-state index contributed by atoms with van der Waals surface area (Å²) in [5.41, 5.74) is 0. The zero-order valence-electron chi connectivity index (χ0n) is 42.2. The summed E-state index contributed by atoms with van der Waals surface area (Å²) in [4.78, 5) is 25.7. The van der Waals surface area contributed by atoms with E-state index >= 15 is 0 Å². The quantitative estimate of drug-likeness (QED) is 0.0179. The first kappa shape index (κ1) is 62.8. The molecular formula is C55H90O15. The molecule has 400 valence electrons. The van der Waals surface area contributed by atoms with Gasteiger partial charge in [0.15, 0.2) is 18.7 Å². The second kappa shape index (κ2) is 41.2. The molecule has 2 saturated heterocycles. The average molecular weight is 991 g/mol. The lowest BCUT2D eigenvalue weighted by Gasteiger charge is -2.42. The number of aliphatic hydroxyl groups is 7. The van der Waals surface area contributed by atoms with Crippen molar-refractivity contribution in [1.29, 1.82) is 0 Å². The van der Waals surface area contributed by atoms with Gasteiger partial charge in [-0.3, -0.25) is 9.59 Å². The smallest absolute Gasteiger partial charge is 0.306 e. The monoisotopic (exact) mass is 991 g/mol. The van der Waals surface area contributed by atoms with E-state index in [4.69, 9.17) is 28.4 Å². The highest BCUT2D eigenvalue weighted by molar-refractivity contribution is 5.70. The molecule has 0 aromatic heterocycles. The van der Waals surface area contributed by atoms with Crippen LogP contribution in [0.15, 0.2) is 85.1 Å². The fourth-order valence-electron chi connectivity index (χ4n) is 7.59. The molecule has 0 spiro atoms. The molecular weight excluding hydrogens is 901 g/mol. The lowest BCUT2D eigenvalue weighted by Crippen LogP contribution is -2.61. The summed E-state index contributed by atoms with van der Waals surface area (Å²) in [6.07, 6.45) is 33.4. The molecule has 0 radical (unpaired) electrons. The van der Waals surface area contributed by atoms with Gasteiger partial charge in [0.2, 0.25) is 0 Å². The number of allylic oxidation sites excluding steroid dienone is 14. The summed E-state index contributed by atoms with van der Waals surface area (Å²) >= 11 is 0.